The van der Waals surface area contributed by atoms with Crippen molar-refractivity contribution in [3.8, 4) is 11.8 Å². The lowest BCUT2D eigenvalue weighted by Gasteiger charge is -2.28. The number of likely N-dealkylation sites (tertiary alicyclic amines) is 1. The summed E-state index contributed by atoms with van der Waals surface area (Å²) in [7, 11) is 3.11. The van der Waals surface area contributed by atoms with Gasteiger partial charge in [-0.15, -0.1) is 0 Å². The van der Waals surface area contributed by atoms with Gasteiger partial charge in [0.25, 0.3) is 0 Å². The van der Waals surface area contributed by atoms with Crippen LogP contribution in [0.1, 0.15) is 32.3 Å². The van der Waals surface area contributed by atoms with Crippen LogP contribution in [0.25, 0.3) is 0 Å². The van der Waals surface area contributed by atoms with Gasteiger partial charge in [-0.05, 0) is 36.3 Å². The monoisotopic (exact) mass is 466 g/mol. The number of benzene rings is 1. The van der Waals surface area contributed by atoms with E-state index >= 15 is 0 Å². The fourth-order valence-corrected chi connectivity index (χ4v) is 4.89. The standard InChI is InChI=1S/C26H29FN3O4/c1-17(2)16-30(3)13-12-26(33,25(30)32)11-10-18-6-5-7-20(14-18)29-22-9-8-19(27)15-21(22)23(28-29)24(31)34-4/h5-9,14,17,21,33H,12-13,15-16H2,1-4H3/q+1/t21?,26-,30?/m0/s1. The van der Waals surface area contributed by atoms with Crippen LogP contribution in [-0.4, -0.2) is 60.0 Å². The van der Waals surface area contributed by atoms with E-state index in [0.717, 1.165) is 0 Å². The van der Waals surface area contributed by atoms with Crippen LogP contribution in [0.3, 0.4) is 0 Å². The quantitative estimate of drug-likeness (QED) is 0.419. The number of anilines is 1. The fraction of sp³-hybridized carbons (Fsp3) is 0.423. The van der Waals surface area contributed by atoms with Crippen LogP contribution in [0.15, 0.2) is 53.0 Å². The van der Waals surface area contributed by atoms with Crippen molar-refractivity contribution in [2.45, 2.75) is 32.3 Å². The third-order valence-electron chi connectivity index (χ3n) is 6.45. The molecule has 0 saturated carbocycles. The fourth-order valence-electron chi connectivity index (χ4n) is 4.89. The number of methoxy groups -OCH3 is 1. The Balaban J connectivity index is 1.63. The zero-order valence-corrected chi connectivity index (χ0v) is 19.8. The maximum Gasteiger partial charge on any atom is 0.358 e. The largest absolute Gasteiger partial charge is 0.464 e. The average molecular weight is 467 g/mol. The second-order valence-corrected chi connectivity index (χ2v) is 9.66. The summed E-state index contributed by atoms with van der Waals surface area (Å²) in [6, 6.07) is 7.11. The number of aliphatic hydroxyl groups is 1. The predicted octanol–water partition coefficient (Wildman–Crippen LogP) is 2.91. The second kappa shape index (κ2) is 8.82. The van der Waals surface area contributed by atoms with E-state index in [1.54, 1.807) is 35.4 Å². The average Bonchev–Trinajstić information content (AvgIpc) is 3.28. The zero-order chi connectivity index (χ0) is 24.7. The van der Waals surface area contributed by atoms with Gasteiger partial charge in [-0.1, -0.05) is 25.8 Å². The minimum absolute atomic E-state index is 0.0400. The Hall–Kier alpha value is -3.28. The number of ether oxygens (including phenoxy) is 1. The van der Waals surface area contributed by atoms with E-state index < -0.39 is 17.5 Å². The van der Waals surface area contributed by atoms with Gasteiger partial charge < -0.3 is 9.84 Å². The van der Waals surface area contributed by atoms with Crippen molar-refractivity contribution in [3.63, 3.8) is 0 Å². The number of amides is 1. The van der Waals surface area contributed by atoms with Crippen molar-refractivity contribution >= 4 is 23.3 Å². The van der Waals surface area contributed by atoms with Crippen LogP contribution in [0.2, 0.25) is 0 Å². The molecule has 1 aromatic carbocycles. The molecule has 1 amide bonds. The van der Waals surface area contributed by atoms with E-state index in [9.17, 15) is 19.1 Å². The SMILES string of the molecule is COC(=O)C1=NN(c2cccc(C#C[C@]3(O)CC[N+](C)(CC(C)C)C3=O)c2)C2=CC=C(F)CC21. The summed E-state index contributed by atoms with van der Waals surface area (Å²) >= 11 is 0. The first-order chi connectivity index (χ1) is 16.1. The molecule has 8 heteroatoms. The molecule has 1 aliphatic carbocycles. The molecule has 7 nitrogen and oxygen atoms in total. The molecule has 178 valence electrons. The molecule has 2 aliphatic heterocycles. The summed E-state index contributed by atoms with van der Waals surface area (Å²) in [4.78, 5) is 25.2. The molecule has 0 radical (unpaired) electrons. The first-order valence-corrected chi connectivity index (χ1v) is 11.3. The Morgan fingerprint density at radius 3 is 2.88 bits per heavy atom. The van der Waals surface area contributed by atoms with Crippen LogP contribution in [0.5, 0.6) is 0 Å². The highest BCUT2D eigenvalue weighted by Crippen LogP contribution is 2.38. The molecule has 1 aromatic rings. The highest BCUT2D eigenvalue weighted by atomic mass is 19.1. The first kappa shape index (κ1) is 23.9. The van der Waals surface area contributed by atoms with Gasteiger partial charge in [0, 0.05) is 17.9 Å². The van der Waals surface area contributed by atoms with Gasteiger partial charge >= 0.3 is 11.9 Å². The molecule has 0 bridgehead atoms. The number of hydrogen-bond donors (Lipinski definition) is 1. The number of halogens is 1. The van der Waals surface area contributed by atoms with E-state index in [0.29, 0.717) is 36.0 Å². The first-order valence-electron chi connectivity index (χ1n) is 11.3. The van der Waals surface area contributed by atoms with Gasteiger partial charge in [0.2, 0.25) is 5.60 Å². The van der Waals surface area contributed by atoms with E-state index in [1.807, 2.05) is 20.9 Å². The van der Waals surface area contributed by atoms with Crippen molar-refractivity contribution < 1.29 is 28.3 Å². The minimum Gasteiger partial charge on any atom is -0.464 e. The third kappa shape index (κ3) is 4.29. The lowest BCUT2D eigenvalue weighted by molar-refractivity contribution is -0.830. The summed E-state index contributed by atoms with van der Waals surface area (Å²) in [6.45, 7) is 5.29. The highest BCUT2D eigenvalue weighted by Gasteiger charge is 2.55. The molecule has 34 heavy (non-hydrogen) atoms. The number of nitrogens with zero attached hydrogens (tertiary/aromatic N) is 3. The molecular weight excluding hydrogens is 437 g/mol. The maximum atomic E-state index is 13.9. The third-order valence-corrected chi connectivity index (χ3v) is 6.45. The molecule has 1 saturated heterocycles. The van der Waals surface area contributed by atoms with Crippen LogP contribution < -0.4 is 5.01 Å². The molecule has 4 rings (SSSR count). The summed E-state index contributed by atoms with van der Waals surface area (Å²) < 4.78 is 18.9. The zero-order valence-electron chi connectivity index (χ0n) is 19.8. The summed E-state index contributed by atoms with van der Waals surface area (Å²) in [5.41, 5.74) is 0.325. The lowest BCUT2D eigenvalue weighted by atomic mass is 9.92. The Bertz CT molecular complexity index is 1190. The van der Waals surface area contributed by atoms with Crippen molar-refractivity contribution in [2.75, 3.05) is 32.3 Å². The van der Waals surface area contributed by atoms with Crippen LogP contribution in [-0.2, 0) is 14.3 Å². The van der Waals surface area contributed by atoms with E-state index in [1.165, 1.54) is 13.2 Å². The highest BCUT2D eigenvalue weighted by molar-refractivity contribution is 6.39. The molecule has 0 spiro atoms. The van der Waals surface area contributed by atoms with Crippen molar-refractivity contribution in [3.05, 3.63) is 53.5 Å². The molecular formula is C26H29FN3O4+. The van der Waals surface area contributed by atoms with Gasteiger partial charge in [0.05, 0.1) is 51.0 Å². The topological polar surface area (TPSA) is 79.2 Å². The van der Waals surface area contributed by atoms with E-state index in [2.05, 4.69) is 16.9 Å². The molecule has 1 fully saturated rings. The minimum atomic E-state index is -1.69. The van der Waals surface area contributed by atoms with Gasteiger partial charge in [-0.25, -0.2) is 19.0 Å². The van der Waals surface area contributed by atoms with Gasteiger partial charge in [-0.2, -0.15) is 5.10 Å². The van der Waals surface area contributed by atoms with Gasteiger partial charge in [0.15, 0.2) is 5.71 Å². The molecule has 3 atom stereocenters. The summed E-state index contributed by atoms with van der Waals surface area (Å²) in [5.74, 6) is 4.34. The lowest BCUT2D eigenvalue weighted by Crippen LogP contribution is -2.52. The summed E-state index contributed by atoms with van der Waals surface area (Å²) in [5, 5.41) is 17.0. The van der Waals surface area contributed by atoms with Gasteiger partial charge in [-0.3, -0.25) is 4.48 Å². The number of hydrazone groups is 1. The Morgan fingerprint density at radius 1 is 1.41 bits per heavy atom. The predicted molar refractivity (Wildman–Crippen MR) is 126 cm³/mol. The van der Waals surface area contributed by atoms with E-state index in [4.69, 9.17) is 4.74 Å². The Kier molecular flexibility index (Phi) is 6.19. The van der Waals surface area contributed by atoms with Crippen LogP contribution in [0, 0.1) is 23.7 Å². The number of esters is 1. The molecule has 3 aliphatic rings. The number of carbonyl (C=O) groups excluding carboxylic acids is 2. The van der Waals surface area contributed by atoms with Crippen molar-refractivity contribution in [2.24, 2.45) is 16.9 Å². The maximum absolute atomic E-state index is 13.9. The Labute approximate surface area is 198 Å². The molecule has 2 heterocycles. The molecule has 2 unspecified atom stereocenters. The molecule has 0 aromatic heterocycles. The van der Waals surface area contributed by atoms with Crippen LogP contribution >= 0.6 is 0 Å². The number of allylic oxidation sites excluding steroid dienone is 4. The number of carbonyl (C=O) groups is 2. The number of hydrogen-bond acceptors (Lipinski definition) is 6. The van der Waals surface area contributed by atoms with Crippen LogP contribution in [0.4, 0.5) is 10.1 Å². The number of likely N-dealkylation sites (N-methyl/N-ethyl adjacent to an activating group) is 1. The normalized spacial score (nSPS) is 28.1. The van der Waals surface area contributed by atoms with Gasteiger partial charge in [0.1, 0.15) is 5.83 Å². The van der Waals surface area contributed by atoms with E-state index in [-0.39, 0.29) is 34.8 Å². The number of fused-ring (bicyclic) bond motifs is 1. The van der Waals surface area contributed by atoms with Crippen molar-refractivity contribution in [1.29, 1.82) is 0 Å². The van der Waals surface area contributed by atoms with Crippen molar-refractivity contribution in [1.82, 2.24) is 0 Å². The summed E-state index contributed by atoms with van der Waals surface area (Å²) in [6.07, 6.45) is 3.30. The molecule has 1 N–H and O–H groups in total. The number of quaternary nitrogens is 1. The Morgan fingerprint density at radius 2 is 2.18 bits per heavy atom. The number of rotatable bonds is 4. The second-order valence-electron chi connectivity index (χ2n) is 9.66. The smallest absolute Gasteiger partial charge is 0.358 e.